The molecule has 1 spiro atoms. The molecule has 0 atom stereocenters. The SMILES string of the molecule is Brc1ccc(-n2cc(-c3ccccc3)c3c(N4CCC5(CC4)OCCO5)ncnc32)cc1. The van der Waals surface area contributed by atoms with Crippen LogP contribution in [0.4, 0.5) is 5.82 Å². The number of piperidine rings is 1. The summed E-state index contributed by atoms with van der Waals surface area (Å²) in [6.07, 6.45) is 5.53. The van der Waals surface area contributed by atoms with Gasteiger partial charge >= 0.3 is 0 Å². The summed E-state index contributed by atoms with van der Waals surface area (Å²) in [5.74, 6) is 0.561. The highest BCUT2D eigenvalue weighted by Gasteiger charge is 2.40. The van der Waals surface area contributed by atoms with Crippen molar-refractivity contribution in [3.05, 3.63) is 71.6 Å². The van der Waals surface area contributed by atoms with Crippen LogP contribution in [0.2, 0.25) is 0 Å². The number of nitrogens with zero attached hydrogens (tertiary/aromatic N) is 4. The zero-order valence-corrected chi connectivity index (χ0v) is 19.2. The molecule has 0 unspecified atom stereocenters. The fourth-order valence-corrected chi connectivity index (χ4v) is 5.03. The highest BCUT2D eigenvalue weighted by molar-refractivity contribution is 9.10. The molecule has 0 N–H and O–H groups in total. The molecule has 0 radical (unpaired) electrons. The summed E-state index contributed by atoms with van der Waals surface area (Å²) in [6.45, 7) is 3.05. The third-order valence-corrected chi connectivity index (χ3v) is 6.92. The van der Waals surface area contributed by atoms with Crippen molar-refractivity contribution < 1.29 is 9.47 Å². The lowest BCUT2D eigenvalue weighted by Gasteiger charge is -2.38. The number of anilines is 1. The number of aromatic nitrogens is 3. The Labute approximate surface area is 194 Å². The Balaban J connectivity index is 1.49. The molecule has 0 bridgehead atoms. The molecule has 4 heterocycles. The summed E-state index contributed by atoms with van der Waals surface area (Å²) in [5, 5.41) is 1.07. The van der Waals surface area contributed by atoms with Crippen LogP contribution in [0.1, 0.15) is 12.8 Å². The zero-order chi connectivity index (χ0) is 21.5. The van der Waals surface area contributed by atoms with Crippen LogP contribution in [0.3, 0.4) is 0 Å². The van der Waals surface area contributed by atoms with E-state index in [1.54, 1.807) is 6.33 Å². The zero-order valence-electron chi connectivity index (χ0n) is 17.6. The number of benzene rings is 2. The van der Waals surface area contributed by atoms with Gasteiger partial charge in [0.15, 0.2) is 11.4 Å². The molecule has 2 aliphatic heterocycles. The maximum Gasteiger partial charge on any atom is 0.171 e. The van der Waals surface area contributed by atoms with Crippen LogP contribution in [-0.4, -0.2) is 46.6 Å². The maximum absolute atomic E-state index is 5.93. The monoisotopic (exact) mass is 490 g/mol. The number of ether oxygens (including phenoxy) is 2. The van der Waals surface area contributed by atoms with E-state index in [1.807, 2.05) is 6.07 Å². The van der Waals surface area contributed by atoms with Gasteiger partial charge in [-0.1, -0.05) is 46.3 Å². The Kier molecular flexibility index (Phi) is 4.97. The molecule has 6 rings (SSSR count). The number of hydrogen-bond acceptors (Lipinski definition) is 5. The Morgan fingerprint density at radius 1 is 0.875 bits per heavy atom. The molecule has 6 nitrogen and oxygen atoms in total. The highest BCUT2D eigenvalue weighted by Crippen LogP contribution is 2.39. The lowest BCUT2D eigenvalue weighted by molar-refractivity contribution is -0.169. The first kappa shape index (κ1) is 19.9. The molecule has 162 valence electrons. The molecule has 32 heavy (non-hydrogen) atoms. The Morgan fingerprint density at radius 3 is 2.31 bits per heavy atom. The summed E-state index contributed by atoms with van der Waals surface area (Å²) in [5.41, 5.74) is 4.26. The predicted molar refractivity (Wildman–Crippen MR) is 128 cm³/mol. The molecule has 2 fully saturated rings. The number of fused-ring (bicyclic) bond motifs is 1. The van der Waals surface area contributed by atoms with Crippen LogP contribution in [0.5, 0.6) is 0 Å². The summed E-state index contributed by atoms with van der Waals surface area (Å²) < 4.78 is 15.1. The Bertz CT molecular complexity index is 1240. The van der Waals surface area contributed by atoms with E-state index in [0.29, 0.717) is 13.2 Å². The second kappa shape index (κ2) is 7.99. The van der Waals surface area contributed by atoms with Crippen LogP contribution >= 0.6 is 15.9 Å². The summed E-state index contributed by atoms with van der Waals surface area (Å²) >= 11 is 3.54. The lowest BCUT2D eigenvalue weighted by Crippen LogP contribution is -2.45. The van der Waals surface area contributed by atoms with Gasteiger partial charge < -0.3 is 18.9 Å². The predicted octanol–water partition coefficient (Wildman–Crippen LogP) is 5.19. The van der Waals surface area contributed by atoms with Crippen molar-refractivity contribution in [1.82, 2.24) is 14.5 Å². The molecular formula is C25H23BrN4O2. The Hall–Kier alpha value is -2.74. The van der Waals surface area contributed by atoms with E-state index >= 15 is 0 Å². The van der Waals surface area contributed by atoms with Crippen LogP contribution in [0.15, 0.2) is 71.6 Å². The van der Waals surface area contributed by atoms with Gasteiger partial charge in [0.05, 0.1) is 18.6 Å². The molecule has 4 aromatic rings. The molecule has 2 aromatic heterocycles. The minimum absolute atomic E-state index is 0.408. The number of rotatable bonds is 3. The van der Waals surface area contributed by atoms with Crippen molar-refractivity contribution in [3.63, 3.8) is 0 Å². The third-order valence-electron chi connectivity index (χ3n) is 6.39. The molecule has 0 amide bonds. The first-order valence-electron chi connectivity index (χ1n) is 10.9. The average molecular weight is 491 g/mol. The van der Waals surface area contributed by atoms with Gasteiger partial charge in [0.1, 0.15) is 12.1 Å². The fraction of sp³-hybridized carbons (Fsp3) is 0.280. The van der Waals surface area contributed by atoms with Crippen molar-refractivity contribution >= 4 is 32.8 Å². The van der Waals surface area contributed by atoms with Gasteiger partial charge in [0.25, 0.3) is 0 Å². The number of hydrogen-bond donors (Lipinski definition) is 0. The third kappa shape index (κ3) is 3.41. The van der Waals surface area contributed by atoms with E-state index in [0.717, 1.165) is 64.1 Å². The van der Waals surface area contributed by atoms with Gasteiger partial charge in [-0.3, -0.25) is 0 Å². The van der Waals surface area contributed by atoms with Crippen molar-refractivity contribution in [2.24, 2.45) is 0 Å². The molecular weight excluding hydrogens is 468 g/mol. The normalized spacial score (nSPS) is 18.0. The van der Waals surface area contributed by atoms with Crippen LogP contribution < -0.4 is 4.90 Å². The van der Waals surface area contributed by atoms with Crippen LogP contribution in [-0.2, 0) is 9.47 Å². The first-order valence-corrected chi connectivity index (χ1v) is 11.7. The minimum Gasteiger partial charge on any atom is -0.356 e. The van der Waals surface area contributed by atoms with Crippen molar-refractivity contribution in [1.29, 1.82) is 0 Å². The molecule has 7 heteroatoms. The summed E-state index contributed by atoms with van der Waals surface area (Å²) in [4.78, 5) is 11.8. The van der Waals surface area contributed by atoms with Gasteiger partial charge in [-0.15, -0.1) is 0 Å². The topological polar surface area (TPSA) is 52.4 Å². The molecule has 0 aliphatic carbocycles. The summed E-state index contributed by atoms with van der Waals surface area (Å²) in [7, 11) is 0. The van der Waals surface area contributed by atoms with Gasteiger partial charge in [0.2, 0.25) is 0 Å². The van der Waals surface area contributed by atoms with E-state index in [2.05, 4.69) is 80.1 Å². The van der Waals surface area contributed by atoms with E-state index in [-0.39, 0.29) is 0 Å². The molecule has 2 aliphatic rings. The lowest BCUT2D eigenvalue weighted by atomic mass is 10.0. The van der Waals surface area contributed by atoms with Gasteiger partial charge in [-0.25, -0.2) is 9.97 Å². The van der Waals surface area contributed by atoms with Crippen molar-refractivity contribution in [2.75, 3.05) is 31.2 Å². The van der Waals surface area contributed by atoms with Gasteiger partial charge in [0, 0.05) is 47.9 Å². The second-order valence-electron chi connectivity index (χ2n) is 8.25. The Morgan fingerprint density at radius 2 is 1.59 bits per heavy atom. The van der Waals surface area contributed by atoms with E-state index in [9.17, 15) is 0 Å². The molecule has 2 saturated heterocycles. The van der Waals surface area contributed by atoms with Gasteiger partial charge in [-0.05, 0) is 29.8 Å². The summed E-state index contributed by atoms with van der Waals surface area (Å²) in [6, 6.07) is 18.8. The van der Waals surface area contributed by atoms with E-state index < -0.39 is 5.79 Å². The smallest absolute Gasteiger partial charge is 0.171 e. The highest BCUT2D eigenvalue weighted by atomic mass is 79.9. The second-order valence-corrected chi connectivity index (χ2v) is 9.16. The fourth-order valence-electron chi connectivity index (χ4n) is 4.77. The van der Waals surface area contributed by atoms with Crippen molar-refractivity contribution in [2.45, 2.75) is 18.6 Å². The number of halogens is 1. The van der Waals surface area contributed by atoms with Gasteiger partial charge in [-0.2, -0.15) is 0 Å². The quantitative estimate of drug-likeness (QED) is 0.395. The van der Waals surface area contributed by atoms with Crippen molar-refractivity contribution in [3.8, 4) is 16.8 Å². The largest absolute Gasteiger partial charge is 0.356 e. The maximum atomic E-state index is 5.93. The van der Waals surface area contributed by atoms with E-state index in [1.165, 1.54) is 0 Å². The van der Waals surface area contributed by atoms with Crippen LogP contribution in [0.25, 0.3) is 27.8 Å². The van der Waals surface area contributed by atoms with Crippen LogP contribution in [0, 0.1) is 0 Å². The average Bonchev–Trinajstić information content (AvgIpc) is 3.46. The first-order chi connectivity index (χ1) is 15.7. The standard InChI is InChI=1S/C25H23BrN4O2/c26-19-6-8-20(9-7-19)30-16-21(18-4-2-1-3-5-18)22-23(27-17-28-24(22)30)29-12-10-25(11-13-29)31-14-15-32-25/h1-9,16-17H,10-15H2. The molecule has 2 aromatic carbocycles. The molecule has 0 saturated carbocycles. The minimum atomic E-state index is -0.408. The van der Waals surface area contributed by atoms with E-state index in [4.69, 9.17) is 19.4 Å².